The summed E-state index contributed by atoms with van der Waals surface area (Å²) in [5, 5.41) is 18.5. The van der Waals surface area contributed by atoms with E-state index in [-0.39, 0.29) is 5.75 Å². The molecule has 4 heteroatoms. The molecule has 19 heavy (non-hydrogen) atoms. The number of rotatable bonds is 4. The van der Waals surface area contributed by atoms with Crippen LogP contribution in [-0.4, -0.2) is 16.2 Å². The molecule has 0 radical (unpaired) electrons. The van der Waals surface area contributed by atoms with Crippen LogP contribution in [0.2, 0.25) is 0 Å². The Labute approximate surface area is 110 Å². The minimum atomic E-state index is -1.09. The molecule has 2 rings (SSSR count). The van der Waals surface area contributed by atoms with E-state index < -0.39 is 12.1 Å². The molecule has 0 aliphatic carbocycles. The van der Waals surface area contributed by atoms with Gasteiger partial charge in [-0.3, -0.25) is 0 Å². The molecule has 2 aromatic rings. The summed E-state index contributed by atoms with van der Waals surface area (Å²) in [6, 6.07) is 13.1. The number of aliphatic carboxylic acids is 1. The van der Waals surface area contributed by atoms with Gasteiger partial charge in [0.1, 0.15) is 11.5 Å². The Morgan fingerprint density at radius 3 is 2.42 bits per heavy atom. The summed E-state index contributed by atoms with van der Waals surface area (Å²) in [7, 11) is 0. The van der Waals surface area contributed by atoms with Crippen molar-refractivity contribution in [2.45, 2.75) is 13.0 Å². The summed E-state index contributed by atoms with van der Waals surface area (Å²) in [6.07, 6.45) is -1.09. The minimum absolute atomic E-state index is 0.0865. The molecule has 0 aliphatic rings. The van der Waals surface area contributed by atoms with Crippen molar-refractivity contribution in [3.05, 3.63) is 59.7 Å². The van der Waals surface area contributed by atoms with Gasteiger partial charge in [0.25, 0.3) is 0 Å². The fourth-order valence-electron chi connectivity index (χ4n) is 1.73. The molecule has 0 saturated carbocycles. The number of carboxylic acids is 1. The Morgan fingerprint density at radius 2 is 1.84 bits per heavy atom. The minimum Gasteiger partial charge on any atom is -0.508 e. The van der Waals surface area contributed by atoms with Crippen molar-refractivity contribution in [3.8, 4) is 11.5 Å². The van der Waals surface area contributed by atoms with Crippen LogP contribution < -0.4 is 4.74 Å². The number of aromatic hydroxyl groups is 1. The molecule has 0 heterocycles. The lowest BCUT2D eigenvalue weighted by Crippen LogP contribution is -2.18. The smallest absolute Gasteiger partial charge is 0.349 e. The first-order valence-corrected chi connectivity index (χ1v) is 5.81. The van der Waals surface area contributed by atoms with E-state index >= 15 is 0 Å². The Bertz CT molecular complexity index is 575. The largest absolute Gasteiger partial charge is 0.508 e. The summed E-state index contributed by atoms with van der Waals surface area (Å²) in [4.78, 5) is 11.3. The van der Waals surface area contributed by atoms with Gasteiger partial charge in [0, 0.05) is 5.56 Å². The lowest BCUT2D eigenvalue weighted by Gasteiger charge is -2.15. The van der Waals surface area contributed by atoms with Gasteiger partial charge in [0.15, 0.2) is 0 Å². The van der Waals surface area contributed by atoms with Crippen LogP contribution in [0.15, 0.2) is 48.5 Å². The van der Waals surface area contributed by atoms with Crippen LogP contribution in [0, 0.1) is 6.92 Å². The van der Waals surface area contributed by atoms with Crippen molar-refractivity contribution in [2.75, 3.05) is 0 Å². The van der Waals surface area contributed by atoms with Crippen molar-refractivity contribution in [1.29, 1.82) is 0 Å². The molecule has 2 N–H and O–H groups in total. The van der Waals surface area contributed by atoms with Gasteiger partial charge in [0.05, 0.1) is 0 Å². The monoisotopic (exact) mass is 258 g/mol. The molecule has 0 bridgehead atoms. The second kappa shape index (κ2) is 5.44. The molecule has 0 amide bonds. The van der Waals surface area contributed by atoms with E-state index in [1.165, 1.54) is 24.3 Å². The van der Waals surface area contributed by atoms with Crippen LogP contribution in [-0.2, 0) is 4.79 Å². The highest BCUT2D eigenvalue weighted by atomic mass is 16.5. The number of ether oxygens (including phenoxy) is 1. The molecule has 2 aromatic carbocycles. The summed E-state index contributed by atoms with van der Waals surface area (Å²) < 4.78 is 5.50. The van der Waals surface area contributed by atoms with E-state index in [0.717, 1.165) is 5.56 Å². The molecule has 0 saturated heterocycles. The normalized spacial score (nSPS) is 11.8. The van der Waals surface area contributed by atoms with Crippen LogP contribution >= 0.6 is 0 Å². The second-order valence-corrected chi connectivity index (χ2v) is 4.24. The van der Waals surface area contributed by atoms with E-state index in [4.69, 9.17) is 4.74 Å². The SMILES string of the molecule is Cc1cccc(OC(C(=O)O)c2ccc(O)cc2)c1. The molecule has 0 aliphatic heterocycles. The van der Waals surface area contributed by atoms with Crippen LogP contribution in [0.3, 0.4) is 0 Å². The zero-order valence-electron chi connectivity index (χ0n) is 10.4. The van der Waals surface area contributed by atoms with E-state index in [1.807, 2.05) is 13.0 Å². The summed E-state index contributed by atoms with van der Waals surface area (Å²) in [5.41, 5.74) is 1.47. The molecule has 0 aromatic heterocycles. The van der Waals surface area contributed by atoms with Gasteiger partial charge in [-0.1, -0.05) is 24.3 Å². The standard InChI is InChI=1S/C15H14O4/c1-10-3-2-4-13(9-10)19-14(15(17)18)11-5-7-12(16)8-6-11/h2-9,14,16H,1H3,(H,17,18). The van der Waals surface area contributed by atoms with Crippen LogP contribution in [0.4, 0.5) is 0 Å². The van der Waals surface area contributed by atoms with E-state index in [9.17, 15) is 15.0 Å². The Balaban J connectivity index is 2.26. The van der Waals surface area contributed by atoms with E-state index in [1.54, 1.807) is 18.2 Å². The molecule has 0 fully saturated rings. The summed E-state index contributed by atoms with van der Waals surface area (Å²) in [5.74, 6) is -0.490. The highest BCUT2D eigenvalue weighted by Crippen LogP contribution is 2.24. The fourth-order valence-corrected chi connectivity index (χ4v) is 1.73. The van der Waals surface area contributed by atoms with Gasteiger partial charge in [-0.2, -0.15) is 0 Å². The van der Waals surface area contributed by atoms with Crippen LogP contribution in [0.5, 0.6) is 11.5 Å². The first-order chi connectivity index (χ1) is 9.06. The van der Waals surface area contributed by atoms with Gasteiger partial charge in [0.2, 0.25) is 6.10 Å². The van der Waals surface area contributed by atoms with Crippen molar-refractivity contribution in [1.82, 2.24) is 0 Å². The lowest BCUT2D eigenvalue weighted by molar-refractivity contribution is -0.145. The number of phenolic OH excluding ortho intramolecular Hbond substituents is 1. The average Bonchev–Trinajstić information content (AvgIpc) is 2.37. The third-order valence-corrected chi connectivity index (χ3v) is 2.66. The molecular formula is C15H14O4. The maximum absolute atomic E-state index is 11.3. The molecule has 4 nitrogen and oxygen atoms in total. The highest BCUT2D eigenvalue weighted by molar-refractivity contribution is 5.75. The number of hydrogen-bond donors (Lipinski definition) is 2. The van der Waals surface area contributed by atoms with Gasteiger partial charge in [-0.15, -0.1) is 0 Å². The van der Waals surface area contributed by atoms with E-state index in [0.29, 0.717) is 11.3 Å². The average molecular weight is 258 g/mol. The van der Waals surface area contributed by atoms with Crippen LogP contribution in [0.25, 0.3) is 0 Å². The van der Waals surface area contributed by atoms with Crippen molar-refractivity contribution < 1.29 is 19.7 Å². The molecule has 1 atom stereocenters. The van der Waals surface area contributed by atoms with Gasteiger partial charge < -0.3 is 14.9 Å². The maximum atomic E-state index is 11.3. The van der Waals surface area contributed by atoms with E-state index in [2.05, 4.69) is 0 Å². The fraction of sp³-hybridized carbons (Fsp3) is 0.133. The van der Waals surface area contributed by atoms with Gasteiger partial charge in [-0.05, 0) is 36.8 Å². The number of aryl methyl sites for hydroxylation is 1. The summed E-state index contributed by atoms with van der Waals surface area (Å²) >= 11 is 0. The summed E-state index contributed by atoms with van der Waals surface area (Å²) in [6.45, 7) is 1.91. The lowest BCUT2D eigenvalue weighted by atomic mass is 10.1. The zero-order chi connectivity index (χ0) is 13.8. The Hall–Kier alpha value is -2.49. The topological polar surface area (TPSA) is 66.8 Å². The number of phenols is 1. The maximum Gasteiger partial charge on any atom is 0.349 e. The third kappa shape index (κ3) is 3.25. The quantitative estimate of drug-likeness (QED) is 0.884. The Kier molecular flexibility index (Phi) is 3.71. The molecule has 98 valence electrons. The van der Waals surface area contributed by atoms with Crippen LogP contribution in [0.1, 0.15) is 17.2 Å². The van der Waals surface area contributed by atoms with Crippen molar-refractivity contribution in [2.24, 2.45) is 0 Å². The predicted molar refractivity (Wildman–Crippen MR) is 70.3 cm³/mol. The number of hydrogen-bond acceptors (Lipinski definition) is 3. The second-order valence-electron chi connectivity index (χ2n) is 4.24. The van der Waals surface area contributed by atoms with Crippen molar-refractivity contribution in [3.63, 3.8) is 0 Å². The third-order valence-electron chi connectivity index (χ3n) is 2.66. The predicted octanol–water partition coefficient (Wildman–Crippen LogP) is 2.91. The zero-order valence-corrected chi connectivity index (χ0v) is 10.4. The molecular weight excluding hydrogens is 244 g/mol. The Morgan fingerprint density at radius 1 is 1.16 bits per heavy atom. The number of carboxylic acid groups (broad SMARTS) is 1. The first kappa shape index (κ1) is 13.0. The number of carbonyl (C=O) groups is 1. The van der Waals surface area contributed by atoms with Crippen molar-refractivity contribution >= 4 is 5.97 Å². The number of benzene rings is 2. The molecule has 1 unspecified atom stereocenters. The molecule has 0 spiro atoms. The van der Waals surface area contributed by atoms with Gasteiger partial charge >= 0.3 is 5.97 Å². The van der Waals surface area contributed by atoms with Gasteiger partial charge in [-0.25, -0.2) is 4.79 Å². The first-order valence-electron chi connectivity index (χ1n) is 5.81. The highest BCUT2D eigenvalue weighted by Gasteiger charge is 2.21.